The molecular formula is C8H17FS. The van der Waals surface area contributed by atoms with Crippen molar-refractivity contribution in [2.45, 2.75) is 45.2 Å². The summed E-state index contributed by atoms with van der Waals surface area (Å²) in [5, 5.41) is 0. The molecule has 0 aromatic heterocycles. The normalized spacial score (nSPS) is 13.5. The summed E-state index contributed by atoms with van der Waals surface area (Å²) in [5.74, 6) is 0.674. The molecule has 0 aliphatic rings. The van der Waals surface area contributed by atoms with Crippen molar-refractivity contribution >= 4 is 12.6 Å². The van der Waals surface area contributed by atoms with Crippen molar-refractivity contribution in [3.05, 3.63) is 0 Å². The van der Waals surface area contributed by atoms with Crippen molar-refractivity contribution < 1.29 is 4.39 Å². The van der Waals surface area contributed by atoms with Crippen LogP contribution in [0, 0.1) is 0 Å². The first kappa shape index (κ1) is 10.3. The van der Waals surface area contributed by atoms with Crippen LogP contribution in [0.2, 0.25) is 0 Å². The lowest BCUT2D eigenvalue weighted by Gasteiger charge is -2.03. The van der Waals surface area contributed by atoms with Crippen LogP contribution in [0.1, 0.15) is 39.0 Å². The highest BCUT2D eigenvalue weighted by Gasteiger charge is 2.02. The SMILES string of the molecule is CCCCCC(F)CCS. The maximum absolute atomic E-state index is 12.7. The minimum absolute atomic E-state index is 0.607. The molecule has 0 aromatic rings. The molecule has 0 rings (SSSR count). The largest absolute Gasteiger partial charge is 0.247 e. The highest BCUT2D eigenvalue weighted by molar-refractivity contribution is 7.80. The zero-order valence-corrected chi connectivity index (χ0v) is 7.54. The van der Waals surface area contributed by atoms with Gasteiger partial charge >= 0.3 is 0 Å². The lowest BCUT2D eigenvalue weighted by atomic mass is 10.1. The van der Waals surface area contributed by atoms with E-state index in [0.29, 0.717) is 12.2 Å². The summed E-state index contributed by atoms with van der Waals surface area (Å²) < 4.78 is 12.7. The molecule has 0 heterocycles. The lowest BCUT2D eigenvalue weighted by molar-refractivity contribution is 0.299. The average molecular weight is 164 g/mol. The van der Waals surface area contributed by atoms with E-state index in [2.05, 4.69) is 19.6 Å². The first-order valence-electron chi connectivity index (χ1n) is 4.06. The fourth-order valence-electron chi connectivity index (χ4n) is 0.900. The van der Waals surface area contributed by atoms with Gasteiger partial charge in [-0.2, -0.15) is 12.6 Å². The van der Waals surface area contributed by atoms with Crippen molar-refractivity contribution in [2.75, 3.05) is 5.75 Å². The van der Waals surface area contributed by atoms with Crippen LogP contribution >= 0.6 is 12.6 Å². The number of halogens is 1. The summed E-state index contributed by atoms with van der Waals surface area (Å²) >= 11 is 3.96. The summed E-state index contributed by atoms with van der Waals surface area (Å²) in [6, 6.07) is 0. The Balaban J connectivity index is 2.97. The number of rotatable bonds is 6. The summed E-state index contributed by atoms with van der Waals surface area (Å²) in [7, 11) is 0. The molecule has 0 saturated heterocycles. The number of hydrogen-bond acceptors (Lipinski definition) is 1. The van der Waals surface area contributed by atoms with Crippen LogP contribution in [-0.4, -0.2) is 11.9 Å². The van der Waals surface area contributed by atoms with Gasteiger partial charge in [0, 0.05) is 0 Å². The Morgan fingerprint density at radius 3 is 2.50 bits per heavy atom. The van der Waals surface area contributed by atoms with E-state index in [-0.39, 0.29) is 0 Å². The smallest absolute Gasteiger partial charge is 0.101 e. The van der Waals surface area contributed by atoms with Crippen LogP contribution in [0.3, 0.4) is 0 Å². The van der Waals surface area contributed by atoms with Crippen LogP contribution in [0.4, 0.5) is 4.39 Å². The van der Waals surface area contributed by atoms with Crippen molar-refractivity contribution in [3.63, 3.8) is 0 Å². The summed E-state index contributed by atoms with van der Waals surface area (Å²) in [6.07, 6.45) is 4.11. The fraction of sp³-hybridized carbons (Fsp3) is 1.00. The van der Waals surface area contributed by atoms with Gasteiger partial charge in [0.2, 0.25) is 0 Å². The van der Waals surface area contributed by atoms with Gasteiger partial charge in [0.15, 0.2) is 0 Å². The number of hydrogen-bond donors (Lipinski definition) is 1. The van der Waals surface area contributed by atoms with Crippen LogP contribution in [0.5, 0.6) is 0 Å². The molecule has 2 heteroatoms. The Hall–Kier alpha value is 0.280. The van der Waals surface area contributed by atoms with E-state index < -0.39 is 6.17 Å². The zero-order valence-electron chi connectivity index (χ0n) is 6.65. The van der Waals surface area contributed by atoms with Gasteiger partial charge in [-0.25, -0.2) is 4.39 Å². The number of unbranched alkanes of at least 4 members (excludes halogenated alkanes) is 2. The average Bonchev–Trinajstić information content (AvgIpc) is 1.89. The Kier molecular flexibility index (Phi) is 7.59. The van der Waals surface area contributed by atoms with Gasteiger partial charge in [-0.3, -0.25) is 0 Å². The van der Waals surface area contributed by atoms with Gasteiger partial charge in [0.25, 0.3) is 0 Å². The molecule has 0 fully saturated rings. The third kappa shape index (κ3) is 6.40. The Bertz CT molecular complexity index is 66.3. The Labute approximate surface area is 68.6 Å². The van der Waals surface area contributed by atoms with Crippen molar-refractivity contribution in [3.8, 4) is 0 Å². The topological polar surface area (TPSA) is 0 Å². The second kappa shape index (κ2) is 7.39. The molecule has 0 spiro atoms. The van der Waals surface area contributed by atoms with Gasteiger partial charge in [-0.05, 0) is 18.6 Å². The molecule has 0 bridgehead atoms. The van der Waals surface area contributed by atoms with Crippen molar-refractivity contribution in [1.82, 2.24) is 0 Å². The van der Waals surface area contributed by atoms with E-state index in [4.69, 9.17) is 0 Å². The number of alkyl halides is 1. The van der Waals surface area contributed by atoms with Crippen LogP contribution in [0.25, 0.3) is 0 Å². The molecule has 0 nitrogen and oxygen atoms in total. The van der Waals surface area contributed by atoms with Gasteiger partial charge in [-0.1, -0.05) is 26.2 Å². The fourth-order valence-corrected chi connectivity index (χ4v) is 1.18. The van der Waals surface area contributed by atoms with Crippen LogP contribution < -0.4 is 0 Å². The lowest BCUT2D eigenvalue weighted by Crippen LogP contribution is -2.00. The van der Waals surface area contributed by atoms with E-state index in [9.17, 15) is 4.39 Å². The minimum atomic E-state index is -0.607. The van der Waals surface area contributed by atoms with Gasteiger partial charge in [0.05, 0.1) is 0 Å². The van der Waals surface area contributed by atoms with E-state index in [1.54, 1.807) is 0 Å². The molecule has 0 saturated carbocycles. The first-order valence-corrected chi connectivity index (χ1v) is 4.69. The summed E-state index contributed by atoms with van der Waals surface area (Å²) in [6.45, 7) is 2.13. The van der Waals surface area contributed by atoms with E-state index in [1.807, 2.05) is 0 Å². The molecule has 0 N–H and O–H groups in total. The van der Waals surface area contributed by atoms with Gasteiger partial charge in [0.1, 0.15) is 6.17 Å². The molecule has 1 unspecified atom stereocenters. The molecule has 0 aliphatic heterocycles. The van der Waals surface area contributed by atoms with Gasteiger partial charge < -0.3 is 0 Å². The van der Waals surface area contributed by atoms with E-state index in [1.165, 1.54) is 6.42 Å². The van der Waals surface area contributed by atoms with Gasteiger partial charge in [-0.15, -0.1) is 0 Å². The first-order chi connectivity index (χ1) is 4.81. The second-order valence-electron chi connectivity index (χ2n) is 2.61. The monoisotopic (exact) mass is 164 g/mol. The maximum Gasteiger partial charge on any atom is 0.101 e. The molecule has 0 aromatic carbocycles. The zero-order chi connectivity index (χ0) is 7.82. The minimum Gasteiger partial charge on any atom is -0.247 e. The van der Waals surface area contributed by atoms with Crippen LogP contribution in [-0.2, 0) is 0 Å². The quantitative estimate of drug-likeness (QED) is 0.452. The third-order valence-electron chi connectivity index (χ3n) is 1.56. The van der Waals surface area contributed by atoms with E-state index >= 15 is 0 Å². The molecule has 0 amide bonds. The van der Waals surface area contributed by atoms with Crippen LogP contribution in [0.15, 0.2) is 0 Å². The molecule has 0 radical (unpaired) electrons. The highest BCUT2D eigenvalue weighted by atomic mass is 32.1. The Morgan fingerprint density at radius 2 is 2.00 bits per heavy atom. The predicted octanol–water partition coefficient (Wildman–Crippen LogP) is 3.22. The molecule has 62 valence electrons. The Morgan fingerprint density at radius 1 is 1.30 bits per heavy atom. The second-order valence-corrected chi connectivity index (χ2v) is 3.05. The summed E-state index contributed by atoms with van der Waals surface area (Å²) in [4.78, 5) is 0. The maximum atomic E-state index is 12.7. The number of thiol groups is 1. The molecule has 1 atom stereocenters. The highest BCUT2D eigenvalue weighted by Crippen LogP contribution is 2.09. The molecule has 10 heavy (non-hydrogen) atoms. The molecule has 0 aliphatic carbocycles. The molecular weight excluding hydrogens is 147 g/mol. The standard InChI is InChI=1S/C8H17FS/c1-2-3-4-5-8(9)6-7-10/h8,10H,2-7H2,1H3. The van der Waals surface area contributed by atoms with Crippen molar-refractivity contribution in [2.24, 2.45) is 0 Å². The predicted molar refractivity (Wildman–Crippen MR) is 47.5 cm³/mol. The van der Waals surface area contributed by atoms with Crippen molar-refractivity contribution in [1.29, 1.82) is 0 Å². The van der Waals surface area contributed by atoms with E-state index in [0.717, 1.165) is 19.3 Å². The summed E-state index contributed by atoms with van der Waals surface area (Å²) in [5.41, 5.74) is 0. The third-order valence-corrected chi connectivity index (χ3v) is 1.82.